The summed E-state index contributed by atoms with van der Waals surface area (Å²) in [6.07, 6.45) is 3.65. The molecule has 4 nitrogen and oxygen atoms in total. The van der Waals surface area contributed by atoms with Crippen molar-refractivity contribution >= 4 is 28.3 Å². The molecule has 29 heavy (non-hydrogen) atoms. The molecular formula is C24H28ClN3O. The molecule has 0 amide bonds. The minimum Gasteiger partial charge on any atom is -0.316 e. The fourth-order valence-electron chi connectivity index (χ4n) is 4.45. The predicted octanol–water partition coefficient (Wildman–Crippen LogP) is 4.98. The third-order valence-electron chi connectivity index (χ3n) is 5.83. The lowest BCUT2D eigenvalue weighted by molar-refractivity contribution is 0.0916. The van der Waals surface area contributed by atoms with Crippen molar-refractivity contribution in [1.29, 1.82) is 0 Å². The van der Waals surface area contributed by atoms with Crippen molar-refractivity contribution in [3.63, 3.8) is 0 Å². The largest absolute Gasteiger partial charge is 0.316 e. The van der Waals surface area contributed by atoms with Crippen LogP contribution in [0.1, 0.15) is 40.9 Å². The van der Waals surface area contributed by atoms with Gasteiger partial charge in [0.15, 0.2) is 5.78 Å². The van der Waals surface area contributed by atoms with Crippen LogP contribution in [-0.4, -0.2) is 41.9 Å². The van der Waals surface area contributed by atoms with Gasteiger partial charge < -0.3 is 9.88 Å². The van der Waals surface area contributed by atoms with Crippen molar-refractivity contribution < 1.29 is 4.79 Å². The van der Waals surface area contributed by atoms with Crippen molar-refractivity contribution in [3.05, 3.63) is 64.3 Å². The van der Waals surface area contributed by atoms with Crippen molar-refractivity contribution in [2.24, 2.45) is 0 Å². The number of nitrogens with one attached hydrogen (secondary N) is 1. The van der Waals surface area contributed by atoms with Gasteiger partial charge in [-0.2, -0.15) is 0 Å². The van der Waals surface area contributed by atoms with Crippen LogP contribution in [0.2, 0.25) is 5.02 Å². The molecule has 1 N–H and O–H groups in total. The van der Waals surface area contributed by atoms with Gasteiger partial charge in [-0.1, -0.05) is 30.2 Å². The number of halogens is 1. The summed E-state index contributed by atoms with van der Waals surface area (Å²) < 4.78 is 2.19. The van der Waals surface area contributed by atoms with Crippen molar-refractivity contribution in [3.8, 4) is 5.69 Å². The molecule has 0 unspecified atom stereocenters. The van der Waals surface area contributed by atoms with Gasteiger partial charge in [0, 0.05) is 33.9 Å². The number of benzene rings is 2. The Kier molecular flexibility index (Phi) is 6.04. The minimum absolute atomic E-state index is 0.212. The van der Waals surface area contributed by atoms with Crippen LogP contribution in [0, 0.1) is 6.92 Å². The Bertz CT molecular complexity index is 1020. The van der Waals surface area contributed by atoms with Crippen molar-refractivity contribution in [1.82, 2.24) is 14.8 Å². The summed E-state index contributed by atoms with van der Waals surface area (Å²) in [5.41, 5.74) is 5.13. The van der Waals surface area contributed by atoms with Gasteiger partial charge in [-0.25, -0.2) is 0 Å². The average Bonchev–Trinajstić information content (AvgIpc) is 3.01. The van der Waals surface area contributed by atoms with E-state index in [0.717, 1.165) is 47.5 Å². The van der Waals surface area contributed by atoms with Gasteiger partial charge in [0.2, 0.25) is 0 Å². The molecule has 0 radical (unpaired) electrons. The Morgan fingerprint density at radius 2 is 1.79 bits per heavy atom. The Morgan fingerprint density at radius 1 is 1.07 bits per heavy atom. The first-order valence-corrected chi connectivity index (χ1v) is 10.8. The second-order valence-electron chi connectivity index (χ2n) is 7.91. The molecule has 5 heteroatoms. The van der Waals surface area contributed by atoms with Crippen LogP contribution < -0.4 is 5.32 Å². The average molecular weight is 410 g/mol. The van der Waals surface area contributed by atoms with E-state index in [-0.39, 0.29) is 5.78 Å². The van der Waals surface area contributed by atoms with Crippen LogP contribution in [0.25, 0.3) is 16.6 Å². The van der Waals surface area contributed by atoms with Crippen molar-refractivity contribution in [2.45, 2.75) is 32.7 Å². The van der Waals surface area contributed by atoms with E-state index in [1.807, 2.05) is 31.3 Å². The maximum atomic E-state index is 13.4. The van der Waals surface area contributed by atoms with Crippen LogP contribution >= 0.6 is 11.6 Å². The summed E-state index contributed by atoms with van der Waals surface area (Å²) in [5.74, 6) is 0.212. The molecule has 0 saturated carbocycles. The van der Waals surface area contributed by atoms with E-state index in [1.54, 1.807) is 0 Å². The molecule has 1 saturated heterocycles. The maximum absolute atomic E-state index is 13.4. The monoisotopic (exact) mass is 409 g/mol. The molecule has 1 aromatic heterocycles. The molecule has 1 aliphatic rings. The Hall–Kier alpha value is -2.14. The summed E-state index contributed by atoms with van der Waals surface area (Å²) >= 11 is 6.11. The number of carbonyl (C=O) groups is 1. The van der Waals surface area contributed by atoms with Crippen LogP contribution in [0.4, 0.5) is 0 Å². The van der Waals surface area contributed by atoms with Crippen molar-refractivity contribution in [2.75, 3.05) is 26.7 Å². The topological polar surface area (TPSA) is 37.3 Å². The highest BCUT2D eigenvalue weighted by Crippen LogP contribution is 2.31. The lowest BCUT2D eigenvalue weighted by Gasteiger charge is -2.25. The number of aromatic nitrogens is 1. The first-order valence-electron chi connectivity index (χ1n) is 10.4. The number of hydrogen-bond acceptors (Lipinski definition) is 3. The number of Topliss-reactive ketones (excluding diaryl/α,β-unsaturated/α-hetero) is 1. The summed E-state index contributed by atoms with van der Waals surface area (Å²) in [6.45, 7) is 5.38. The van der Waals surface area contributed by atoms with E-state index in [4.69, 9.17) is 11.6 Å². The van der Waals surface area contributed by atoms with E-state index in [9.17, 15) is 4.79 Å². The molecule has 4 rings (SSSR count). The summed E-state index contributed by atoms with van der Waals surface area (Å²) in [6, 6.07) is 14.2. The third kappa shape index (κ3) is 4.11. The molecule has 1 fully saturated rings. The second-order valence-corrected chi connectivity index (χ2v) is 8.35. The Morgan fingerprint density at radius 3 is 2.48 bits per heavy atom. The first kappa shape index (κ1) is 20.1. The highest BCUT2D eigenvalue weighted by Gasteiger charge is 2.23. The molecule has 2 heterocycles. The lowest BCUT2D eigenvalue weighted by Crippen LogP contribution is -2.34. The quantitative estimate of drug-likeness (QED) is 0.583. The van der Waals surface area contributed by atoms with E-state index >= 15 is 0 Å². The molecule has 0 atom stereocenters. The fraction of sp³-hybridized carbons (Fsp3) is 0.375. The van der Waals surface area contributed by atoms with Gasteiger partial charge in [0.1, 0.15) is 0 Å². The highest BCUT2D eigenvalue weighted by atomic mass is 35.5. The van der Waals surface area contributed by atoms with Crippen LogP contribution in [0.5, 0.6) is 0 Å². The number of ketones is 1. The number of hydrogen-bond donors (Lipinski definition) is 1. The van der Waals surface area contributed by atoms with E-state index in [2.05, 4.69) is 39.9 Å². The highest BCUT2D eigenvalue weighted by molar-refractivity contribution is 6.30. The standard InChI is InChI=1S/C24H28ClN3O/c1-17-24(23(29)16-27-12-4-3-5-13-27)21-11-6-18(15-26-2)14-22(21)28(17)20-9-7-19(25)8-10-20/h6-11,14,26H,3-5,12-13,15-16H2,1-2H3. The first-order chi connectivity index (χ1) is 14.1. The fourth-order valence-corrected chi connectivity index (χ4v) is 4.58. The second kappa shape index (κ2) is 8.70. The molecule has 0 spiro atoms. The minimum atomic E-state index is 0.212. The molecule has 3 aromatic rings. The zero-order valence-electron chi connectivity index (χ0n) is 17.2. The van der Waals surface area contributed by atoms with Gasteiger partial charge in [-0.05, 0) is 75.8 Å². The molecule has 0 bridgehead atoms. The van der Waals surface area contributed by atoms with E-state index in [1.165, 1.54) is 24.8 Å². The van der Waals surface area contributed by atoms with Gasteiger partial charge in [0.25, 0.3) is 0 Å². The molecule has 152 valence electrons. The summed E-state index contributed by atoms with van der Waals surface area (Å²) in [5, 5.41) is 4.95. The Balaban J connectivity index is 1.82. The summed E-state index contributed by atoms with van der Waals surface area (Å²) in [4.78, 5) is 15.7. The SMILES string of the molecule is CNCc1ccc2c(C(=O)CN3CCCCC3)c(C)n(-c3ccc(Cl)cc3)c2c1. The predicted molar refractivity (Wildman–Crippen MR) is 120 cm³/mol. The zero-order chi connectivity index (χ0) is 20.4. The van der Waals surface area contributed by atoms with Gasteiger partial charge >= 0.3 is 0 Å². The molecule has 2 aromatic carbocycles. The van der Waals surface area contributed by atoms with E-state index in [0.29, 0.717) is 11.6 Å². The smallest absolute Gasteiger partial charge is 0.179 e. The summed E-state index contributed by atoms with van der Waals surface area (Å²) in [7, 11) is 1.95. The third-order valence-corrected chi connectivity index (χ3v) is 6.08. The maximum Gasteiger partial charge on any atom is 0.179 e. The van der Waals surface area contributed by atoms with Crippen LogP contribution in [0.15, 0.2) is 42.5 Å². The van der Waals surface area contributed by atoms with E-state index < -0.39 is 0 Å². The number of carbonyl (C=O) groups excluding carboxylic acids is 1. The normalized spacial score (nSPS) is 15.1. The molecule has 0 aliphatic carbocycles. The van der Waals surface area contributed by atoms with Crippen LogP contribution in [0.3, 0.4) is 0 Å². The number of likely N-dealkylation sites (tertiary alicyclic amines) is 1. The Labute approximate surface area is 177 Å². The number of fused-ring (bicyclic) bond motifs is 1. The molecular weight excluding hydrogens is 382 g/mol. The van der Waals surface area contributed by atoms with Gasteiger partial charge in [-0.3, -0.25) is 9.69 Å². The van der Waals surface area contributed by atoms with Gasteiger partial charge in [0.05, 0.1) is 12.1 Å². The van der Waals surface area contributed by atoms with Crippen LogP contribution in [-0.2, 0) is 6.54 Å². The lowest BCUT2D eigenvalue weighted by atomic mass is 10.0. The number of rotatable bonds is 6. The zero-order valence-corrected chi connectivity index (χ0v) is 17.9. The number of nitrogens with zero attached hydrogens (tertiary/aromatic N) is 2. The van der Waals surface area contributed by atoms with Gasteiger partial charge in [-0.15, -0.1) is 0 Å². The molecule has 1 aliphatic heterocycles. The number of piperidine rings is 1.